The van der Waals surface area contributed by atoms with Crippen molar-refractivity contribution in [1.82, 2.24) is 0 Å². The molecule has 0 saturated heterocycles. The Balaban J connectivity index is 2.47. The quantitative estimate of drug-likeness (QED) is 0.821. The van der Waals surface area contributed by atoms with E-state index in [1.807, 2.05) is 12.1 Å². The van der Waals surface area contributed by atoms with Gasteiger partial charge in [0.1, 0.15) is 0 Å². The van der Waals surface area contributed by atoms with Crippen molar-refractivity contribution in [1.29, 1.82) is 5.26 Å². The Morgan fingerprint density at radius 2 is 1.81 bits per heavy atom. The third-order valence-electron chi connectivity index (χ3n) is 2.68. The molecule has 1 rings (SSSR count). The summed E-state index contributed by atoms with van der Waals surface area (Å²) in [6.07, 6.45) is 2.59. The molecule has 0 heterocycles. The van der Waals surface area contributed by atoms with E-state index in [1.54, 1.807) is 12.1 Å². The van der Waals surface area contributed by atoms with Gasteiger partial charge in [0.2, 0.25) is 0 Å². The van der Waals surface area contributed by atoms with Gasteiger partial charge in [0.05, 0.1) is 17.7 Å². The SMILES string of the molecule is CC(C)CCCC(O)c1ccc(C#N)cc1. The van der Waals surface area contributed by atoms with E-state index in [1.165, 1.54) is 0 Å². The van der Waals surface area contributed by atoms with Crippen LogP contribution < -0.4 is 0 Å². The van der Waals surface area contributed by atoms with Crippen LogP contribution in [0.2, 0.25) is 0 Å². The molecule has 0 fully saturated rings. The van der Waals surface area contributed by atoms with E-state index in [0.29, 0.717) is 11.5 Å². The first-order valence-electron chi connectivity index (χ1n) is 5.81. The number of nitriles is 1. The van der Waals surface area contributed by atoms with Gasteiger partial charge in [-0.3, -0.25) is 0 Å². The molecule has 0 aliphatic carbocycles. The normalized spacial score (nSPS) is 12.4. The topological polar surface area (TPSA) is 44.0 Å². The fraction of sp³-hybridized carbons (Fsp3) is 0.500. The molecule has 1 aromatic carbocycles. The highest BCUT2D eigenvalue weighted by Crippen LogP contribution is 2.20. The van der Waals surface area contributed by atoms with Crippen molar-refractivity contribution in [2.24, 2.45) is 5.92 Å². The molecule has 1 unspecified atom stereocenters. The molecule has 0 saturated carbocycles. The van der Waals surface area contributed by atoms with Crippen LogP contribution in [0.4, 0.5) is 0 Å². The number of aliphatic hydroxyl groups is 1. The van der Waals surface area contributed by atoms with Gasteiger partial charge in [0, 0.05) is 0 Å². The molecule has 1 aromatic rings. The number of rotatable bonds is 5. The van der Waals surface area contributed by atoms with Crippen molar-refractivity contribution in [2.75, 3.05) is 0 Å². The predicted octanol–water partition coefficient (Wildman–Crippen LogP) is 3.42. The van der Waals surface area contributed by atoms with E-state index < -0.39 is 6.10 Å². The maximum Gasteiger partial charge on any atom is 0.0991 e. The van der Waals surface area contributed by atoms with Crippen LogP contribution in [0.5, 0.6) is 0 Å². The predicted molar refractivity (Wildman–Crippen MR) is 64.8 cm³/mol. The smallest absolute Gasteiger partial charge is 0.0991 e. The van der Waals surface area contributed by atoms with Crippen LogP contribution in [0.1, 0.15) is 50.3 Å². The highest BCUT2D eigenvalue weighted by Gasteiger charge is 2.07. The number of hydrogen-bond donors (Lipinski definition) is 1. The monoisotopic (exact) mass is 217 g/mol. The van der Waals surface area contributed by atoms with Crippen LogP contribution in [0.15, 0.2) is 24.3 Å². The minimum absolute atomic E-state index is 0.397. The van der Waals surface area contributed by atoms with Crippen LogP contribution in [0, 0.1) is 17.2 Å². The summed E-state index contributed by atoms with van der Waals surface area (Å²) in [5.41, 5.74) is 1.54. The molecular formula is C14H19NO. The maximum atomic E-state index is 9.91. The lowest BCUT2D eigenvalue weighted by Gasteiger charge is -2.11. The molecule has 2 nitrogen and oxygen atoms in total. The fourth-order valence-corrected chi connectivity index (χ4v) is 1.67. The Morgan fingerprint density at radius 1 is 1.19 bits per heavy atom. The van der Waals surface area contributed by atoms with Crippen LogP contribution in [-0.4, -0.2) is 5.11 Å². The number of benzene rings is 1. The highest BCUT2D eigenvalue weighted by atomic mass is 16.3. The van der Waals surface area contributed by atoms with Gasteiger partial charge in [-0.25, -0.2) is 0 Å². The second-order valence-corrected chi connectivity index (χ2v) is 4.57. The fourth-order valence-electron chi connectivity index (χ4n) is 1.67. The molecule has 0 aliphatic rings. The summed E-state index contributed by atoms with van der Waals surface area (Å²) in [6, 6.07) is 9.24. The molecule has 0 aromatic heterocycles. The van der Waals surface area contributed by atoms with E-state index in [9.17, 15) is 5.11 Å². The van der Waals surface area contributed by atoms with Gasteiger partial charge in [-0.2, -0.15) is 5.26 Å². The number of nitrogens with zero attached hydrogens (tertiary/aromatic N) is 1. The summed E-state index contributed by atoms with van der Waals surface area (Å²) in [4.78, 5) is 0. The second kappa shape index (κ2) is 6.30. The average Bonchev–Trinajstić information content (AvgIpc) is 2.28. The highest BCUT2D eigenvalue weighted by molar-refractivity contribution is 5.32. The standard InChI is InChI=1S/C14H19NO/c1-11(2)4-3-5-14(16)13-8-6-12(10-15)7-9-13/h6-9,11,14,16H,3-5H2,1-2H3. The molecule has 86 valence electrons. The first kappa shape index (κ1) is 12.7. The summed E-state index contributed by atoms with van der Waals surface area (Å²) < 4.78 is 0. The second-order valence-electron chi connectivity index (χ2n) is 4.57. The zero-order valence-corrected chi connectivity index (χ0v) is 9.98. The summed E-state index contributed by atoms with van der Waals surface area (Å²) >= 11 is 0. The third-order valence-corrected chi connectivity index (χ3v) is 2.68. The molecular weight excluding hydrogens is 198 g/mol. The lowest BCUT2D eigenvalue weighted by Crippen LogP contribution is -1.98. The Bertz CT molecular complexity index is 348. The summed E-state index contributed by atoms with van der Waals surface area (Å²) in [6.45, 7) is 4.38. The van der Waals surface area contributed by atoms with Gasteiger partial charge in [-0.05, 0) is 30.0 Å². The lowest BCUT2D eigenvalue weighted by molar-refractivity contribution is 0.162. The molecule has 2 heteroatoms. The van der Waals surface area contributed by atoms with Crippen LogP contribution in [-0.2, 0) is 0 Å². The first-order valence-corrected chi connectivity index (χ1v) is 5.81. The van der Waals surface area contributed by atoms with E-state index in [4.69, 9.17) is 5.26 Å². The van der Waals surface area contributed by atoms with Gasteiger partial charge >= 0.3 is 0 Å². The zero-order chi connectivity index (χ0) is 12.0. The van der Waals surface area contributed by atoms with Gasteiger partial charge in [-0.1, -0.05) is 38.8 Å². The zero-order valence-electron chi connectivity index (χ0n) is 9.98. The Labute approximate surface area is 97.5 Å². The van der Waals surface area contributed by atoms with E-state index in [-0.39, 0.29) is 0 Å². The largest absolute Gasteiger partial charge is 0.388 e. The van der Waals surface area contributed by atoms with Gasteiger partial charge in [0.25, 0.3) is 0 Å². The lowest BCUT2D eigenvalue weighted by atomic mass is 9.99. The van der Waals surface area contributed by atoms with Crippen LogP contribution >= 0.6 is 0 Å². The van der Waals surface area contributed by atoms with E-state index in [2.05, 4.69) is 19.9 Å². The third kappa shape index (κ3) is 4.04. The van der Waals surface area contributed by atoms with Gasteiger partial charge < -0.3 is 5.11 Å². The molecule has 0 amide bonds. The van der Waals surface area contributed by atoms with Crippen LogP contribution in [0.25, 0.3) is 0 Å². The Hall–Kier alpha value is -1.33. The van der Waals surface area contributed by atoms with E-state index >= 15 is 0 Å². The first-order chi connectivity index (χ1) is 7.63. The minimum Gasteiger partial charge on any atom is -0.388 e. The summed E-state index contributed by atoms with van der Waals surface area (Å²) in [7, 11) is 0. The molecule has 1 atom stereocenters. The van der Waals surface area contributed by atoms with Crippen molar-refractivity contribution in [2.45, 2.75) is 39.2 Å². The Kier molecular flexibility index (Phi) is 5.01. The van der Waals surface area contributed by atoms with Crippen molar-refractivity contribution < 1.29 is 5.11 Å². The van der Waals surface area contributed by atoms with E-state index in [0.717, 1.165) is 24.8 Å². The molecule has 0 aliphatic heterocycles. The minimum atomic E-state index is -0.397. The molecule has 0 radical (unpaired) electrons. The number of hydrogen-bond acceptors (Lipinski definition) is 2. The molecule has 0 spiro atoms. The summed E-state index contributed by atoms with van der Waals surface area (Å²) in [5.74, 6) is 0.688. The van der Waals surface area contributed by atoms with Crippen molar-refractivity contribution in [3.8, 4) is 6.07 Å². The Morgan fingerprint density at radius 3 is 2.31 bits per heavy atom. The number of aliphatic hydroxyl groups excluding tert-OH is 1. The van der Waals surface area contributed by atoms with Crippen molar-refractivity contribution in [3.63, 3.8) is 0 Å². The summed E-state index contributed by atoms with van der Waals surface area (Å²) in [5, 5.41) is 18.6. The average molecular weight is 217 g/mol. The molecule has 0 bridgehead atoms. The van der Waals surface area contributed by atoms with Gasteiger partial charge in [0.15, 0.2) is 0 Å². The molecule has 16 heavy (non-hydrogen) atoms. The van der Waals surface area contributed by atoms with Gasteiger partial charge in [-0.15, -0.1) is 0 Å². The van der Waals surface area contributed by atoms with Crippen LogP contribution in [0.3, 0.4) is 0 Å². The van der Waals surface area contributed by atoms with Crippen molar-refractivity contribution in [3.05, 3.63) is 35.4 Å². The molecule has 1 N–H and O–H groups in total. The maximum absolute atomic E-state index is 9.91. The van der Waals surface area contributed by atoms with Crippen molar-refractivity contribution >= 4 is 0 Å².